The Morgan fingerprint density at radius 3 is 2.69 bits per heavy atom. The number of aromatic nitrogens is 4. The van der Waals surface area contributed by atoms with E-state index < -0.39 is 0 Å². The van der Waals surface area contributed by atoms with Gasteiger partial charge in [0.2, 0.25) is 0 Å². The van der Waals surface area contributed by atoms with Crippen molar-refractivity contribution in [2.45, 2.75) is 31.9 Å². The minimum absolute atomic E-state index is 0.0626. The van der Waals surface area contributed by atoms with Crippen molar-refractivity contribution in [2.75, 3.05) is 6.54 Å². The van der Waals surface area contributed by atoms with Gasteiger partial charge in [-0.25, -0.2) is 4.39 Å². The van der Waals surface area contributed by atoms with Gasteiger partial charge < -0.3 is 9.64 Å². The Balaban J connectivity index is 1.41. The molecule has 1 aliphatic rings. The molecule has 0 N–H and O–H groups in total. The highest BCUT2D eigenvalue weighted by atomic mass is 19.1. The predicted octanol–water partition coefficient (Wildman–Crippen LogP) is 4.03. The maximum absolute atomic E-state index is 14.1. The molecule has 2 atom stereocenters. The smallest absolute Gasteiger partial charge is 0.256 e. The van der Waals surface area contributed by atoms with Crippen molar-refractivity contribution in [3.8, 4) is 11.4 Å². The van der Waals surface area contributed by atoms with E-state index in [1.54, 1.807) is 42.9 Å². The third kappa shape index (κ3) is 3.68. The number of rotatable bonds is 4. The van der Waals surface area contributed by atoms with Crippen molar-refractivity contribution in [2.24, 2.45) is 0 Å². The van der Waals surface area contributed by atoms with Crippen LogP contribution in [-0.4, -0.2) is 49.5 Å². The Labute approximate surface area is 184 Å². The molecule has 1 fully saturated rings. The molecule has 2 aromatic heterocycles. The number of amides is 1. The van der Waals surface area contributed by atoms with Gasteiger partial charge in [-0.2, -0.15) is 15.0 Å². The number of halogens is 1. The summed E-state index contributed by atoms with van der Waals surface area (Å²) >= 11 is 0. The van der Waals surface area contributed by atoms with Gasteiger partial charge in [0.25, 0.3) is 5.91 Å². The van der Waals surface area contributed by atoms with Crippen LogP contribution in [0.1, 0.15) is 30.1 Å². The summed E-state index contributed by atoms with van der Waals surface area (Å²) in [6, 6.07) is 13.9. The average Bonchev–Trinajstić information content (AvgIpc) is 3.35. The van der Waals surface area contributed by atoms with E-state index in [1.165, 1.54) is 10.9 Å². The normalized spacial score (nSPS) is 18.6. The number of para-hydroxylation sites is 2. The van der Waals surface area contributed by atoms with Crippen LogP contribution in [0.4, 0.5) is 4.39 Å². The summed E-state index contributed by atoms with van der Waals surface area (Å²) in [6.45, 7) is 2.47. The van der Waals surface area contributed by atoms with Crippen molar-refractivity contribution in [3.05, 3.63) is 78.5 Å². The number of carbonyl (C=O) groups excluding carboxylic acids is 1. The summed E-state index contributed by atoms with van der Waals surface area (Å²) in [5.41, 5.74) is 1.45. The maximum Gasteiger partial charge on any atom is 0.256 e. The number of benzene rings is 2. The van der Waals surface area contributed by atoms with Crippen LogP contribution < -0.4 is 4.74 Å². The molecule has 0 aliphatic carbocycles. The number of pyridine rings is 1. The molecule has 0 unspecified atom stereocenters. The number of carbonyl (C=O) groups is 1. The molecular weight excluding hydrogens is 409 g/mol. The van der Waals surface area contributed by atoms with Crippen molar-refractivity contribution in [1.29, 1.82) is 0 Å². The van der Waals surface area contributed by atoms with E-state index in [9.17, 15) is 9.18 Å². The lowest BCUT2D eigenvalue weighted by molar-refractivity contribution is 0.0388. The molecule has 0 bridgehead atoms. The van der Waals surface area contributed by atoms with Crippen LogP contribution in [0.25, 0.3) is 16.6 Å². The Morgan fingerprint density at radius 1 is 1.03 bits per heavy atom. The fourth-order valence-corrected chi connectivity index (χ4v) is 4.17. The number of ether oxygens (including phenoxy) is 1. The number of piperidine rings is 1. The first-order valence-corrected chi connectivity index (χ1v) is 10.6. The number of fused-ring (bicyclic) bond motifs is 1. The van der Waals surface area contributed by atoms with Gasteiger partial charge in [0.1, 0.15) is 23.2 Å². The Hall–Kier alpha value is -3.81. The first kappa shape index (κ1) is 20.1. The predicted molar refractivity (Wildman–Crippen MR) is 117 cm³/mol. The highest BCUT2D eigenvalue weighted by molar-refractivity contribution is 5.98. The zero-order valence-electron chi connectivity index (χ0n) is 17.6. The molecule has 1 saturated heterocycles. The van der Waals surface area contributed by atoms with E-state index in [0.717, 1.165) is 12.8 Å². The number of hydrogen-bond donors (Lipinski definition) is 0. The van der Waals surface area contributed by atoms with Crippen molar-refractivity contribution < 1.29 is 13.9 Å². The quantitative estimate of drug-likeness (QED) is 0.488. The van der Waals surface area contributed by atoms with Crippen LogP contribution in [0, 0.1) is 5.82 Å². The summed E-state index contributed by atoms with van der Waals surface area (Å²) < 4.78 is 20.4. The van der Waals surface area contributed by atoms with Crippen LogP contribution in [0.5, 0.6) is 5.75 Å². The van der Waals surface area contributed by atoms with Gasteiger partial charge in [0.15, 0.2) is 0 Å². The largest absolute Gasteiger partial charge is 0.488 e. The third-order valence-electron chi connectivity index (χ3n) is 5.84. The molecule has 32 heavy (non-hydrogen) atoms. The van der Waals surface area contributed by atoms with E-state index in [-0.39, 0.29) is 29.4 Å². The van der Waals surface area contributed by atoms with E-state index >= 15 is 0 Å². The summed E-state index contributed by atoms with van der Waals surface area (Å²) in [7, 11) is 0. The Bertz CT molecular complexity index is 1260. The van der Waals surface area contributed by atoms with Crippen LogP contribution >= 0.6 is 0 Å². The molecule has 7 nitrogen and oxygen atoms in total. The molecular formula is C24H22FN5O2. The van der Waals surface area contributed by atoms with Crippen LogP contribution in [0.15, 0.2) is 67.1 Å². The minimum Gasteiger partial charge on any atom is -0.488 e. The molecule has 4 aromatic rings. The Morgan fingerprint density at radius 2 is 1.84 bits per heavy atom. The molecule has 0 spiro atoms. The number of likely N-dealkylation sites (tertiary alicyclic amines) is 1. The summed E-state index contributed by atoms with van der Waals surface area (Å²) in [5.74, 6) is 0.0952. The molecule has 3 heterocycles. The summed E-state index contributed by atoms with van der Waals surface area (Å²) in [4.78, 5) is 20.9. The van der Waals surface area contributed by atoms with Crippen LogP contribution in [0.3, 0.4) is 0 Å². The second-order valence-corrected chi connectivity index (χ2v) is 7.90. The van der Waals surface area contributed by atoms with E-state index in [0.29, 0.717) is 28.9 Å². The molecule has 162 valence electrons. The lowest BCUT2D eigenvalue weighted by Crippen LogP contribution is -2.49. The standard InChI is InChI=1S/C24H22FN5O2/c1-16-9-10-17(32-22-11-12-26-23-19(22)6-4-7-20(23)25)15-29(16)24(31)18-5-2-3-8-21(18)30-27-13-14-28-30/h2-8,11-14,16-17H,9-10,15H2,1H3/t16-,17+/m1/s1. The highest BCUT2D eigenvalue weighted by Crippen LogP contribution is 2.30. The number of nitrogens with zero attached hydrogens (tertiary/aromatic N) is 5. The van der Waals surface area contributed by atoms with Gasteiger partial charge >= 0.3 is 0 Å². The molecule has 0 radical (unpaired) electrons. The van der Waals surface area contributed by atoms with Gasteiger partial charge in [-0.1, -0.05) is 18.2 Å². The van der Waals surface area contributed by atoms with E-state index in [1.807, 2.05) is 30.0 Å². The van der Waals surface area contributed by atoms with Crippen LogP contribution in [0.2, 0.25) is 0 Å². The molecule has 5 rings (SSSR count). The first-order valence-electron chi connectivity index (χ1n) is 10.6. The van der Waals surface area contributed by atoms with Gasteiger partial charge in [-0.15, -0.1) is 0 Å². The van der Waals surface area contributed by atoms with Gasteiger partial charge in [-0.3, -0.25) is 9.78 Å². The molecule has 1 amide bonds. The van der Waals surface area contributed by atoms with Gasteiger partial charge in [0, 0.05) is 17.6 Å². The fraction of sp³-hybridized carbons (Fsp3) is 0.250. The van der Waals surface area contributed by atoms with Crippen molar-refractivity contribution in [3.63, 3.8) is 0 Å². The van der Waals surface area contributed by atoms with Crippen molar-refractivity contribution in [1.82, 2.24) is 24.9 Å². The fourth-order valence-electron chi connectivity index (χ4n) is 4.17. The SMILES string of the molecule is C[C@@H]1CC[C@H](Oc2ccnc3c(F)cccc23)CN1C(=O)c1ccccc1-n1nccn1. The first-order chi connectivity index (χ1) is 15.6. The highest BCUT2D eigenvalue weighted by Gasteiger charge is 2.32. The number of hydrogen-bond acceptors (Lipinski definition) is 5. The van der Waals surface area contributed by atoms with Gasteiger partial charge in [0.05, 0.1) is 30.2 Å². The average molecular weight is 431 g/mol. The molecule has 0 saturated carbocycles. The second-order valence-electron chi connectivity index (χ2n) is 7.90. The topological polar surface area (TPSA) is 73.1 Å². The summed E-state index contributed by atoms with van der Waals surface area (Å²) in [5, 5.41) is 8.97. The molecule has 8 heteroatoms. The monoisotopic (exact) mass is 431 g/mol. The third-order valence-corrected chi connectivity index (χ3v) is 5.84. The zero-order valence-corrected chi connectivity index (χ0v) is 17.6. The summed E-state index contributed by atoms with van der Waals surface area (Å²) in [6.07, 6.45) is 6.09. The Kier molecular flexibility index (Phi) is 5.26. The lowest BCUT2D eigenvalue weighted by atomic mass is 9.99. The van der Waals surface area contributed by atoms with E-state index in [4.69, 9.17) is 4.74 Å². The lowest BCUT2D eigenvalue weighted by Gasteiger charge is -2.38. The van der Waals surface area contributed by atoms with Crippen LogP contribution in [-0.2, 0) is 0 Å². The zero-order chi connectivity index (χ0) is 22.1. The second kappa shape index (κ2) is 8.37. The maximum atomic E-state index is 14.1. The van der Waals surface area contributed by atoms with Crippen molar-refractivity contribution >= 4 is 16.8 Å². The molecule has 2 aromatic carbocycles. The van der Waals surface area contributed by atoms with E-state index in [2.05, 4.69) is 15.2 Å². The minimum atomic E-state index is -0.383. The molecule has 1 aliphatic heterocycles. The van der Waals surface area contributed by atoms with Gasteiger partial charge in [-0.05, 0) is 50.1 Å².